The topological polar surface area (TPSA) is 139 Å². The molecule has 1 aromatic heterocycles. The van der Waals surface area contributed by atoms with Gasteiger partial charge in [-0.25, -0.2) is 0 Å². The van der Waals surface area contributed by atoms with E-state index in [0.29, 0.717) is 33.8 Å². The van der Waals surface area contributed by atoms with Gasteiger partial charge in [0.15, 0.2) is 0 Å². The van der Waals surface area contributed by atoms with Gasteiger partial charge in [-0.15, -0.1) is 6.07 Å². The van der Waals surface area contributed by atoms with E-state index in [0.717, 1.165) is 99.7 Å². The normalized spacial score (nSPS) is 22.4. The number of likely N-dealkylation sites (tertiary alicyclic amines) is 1. The number of hydrogen-bond donors (Lipinski definition) is 1. The van der Waals surface area contributed by atoms with E-state index in [9.17, 15) is 19.2 Å². The van der Waals surface area contributed by atoms with Crippen LogP contribution in [-0.2, 0) is 9.59 Å². The van der Waals surface area contributed by atoms with Gasteiger partial charge in [0.05, 0.1) is 27.8 Å². The molecule has 0 aliphatic carbocycles. The molecule has 14 heteroatoms. The van der Waals surface area contributed by atoms with Gasteiger partial charge in [-0.3, -0.25) is 34.3 Å². The number of halogens is 1. The van der Waals surface area contributed by atoms with Gasteiger partial charge in [0.2, 0.25) is 11.8 Å². The quantitative estimate of drug-likeness (QED) is 0.206. The van der Waals surface area contributed by atoms with E-state index < -0.39 is 23.8 Å². The van der Waals surface area contributed by atoms with Crippen LogP contribution in [0.15, 0.2) is 54.7 Å². The Morgan fingerprint density at radius 2 is 1.66 bits per heavy atom. The van der Waals surface area contributed by atoms with Crippen molar-refractivity contribution in [3.8, 4) is 11.8 Å². The van der Waals surface area contributed by atoms with E-state index in [2.05, 4.69) is 58.0 Å². The van der Waals surface area contributed by atoms with Crippen LogP contribution in [0.3, 0.4) is 0 Å². The number of nitriles is 1. The van der Waals surface area contributed by atoms with E-state index in [-0.39, 0.29) is 49.1 Å². The predicted molar refractivity (Wildman–Crippen MR) is 217 cm³/mol. The molecule has 4 fully saturated rings. The first-order chi connectivity index (χ1) is 27.5. The van der Waals surface area contributed by atoms with Crippen molar-refractivity contribution >= 4 is 46.6 Å². The maximum absolute atomic E-state index is 13.2. The number of nitrogens with zero attached hydrogens (tertiary/aromatic N) is 6. The minimum atomic E-state index is -0.948. The number of rotatable bonds is 8. The number of pyridine rings is 1. The summed E-state index contributed by atoms with van der Waals surface area (Å²) in [7, 11) is 0. The van der Waals surface area contributed by atoms with Crippen molar-refractivity contribution in [2.24, 2.45) is 5.41 Å². The number of amides is 4. The zero-order valence-corrected chi connectivity index (χ0v) is 34.2. The zero-order valence-electron chi connectivity index (χ0n) is 33.4. The van der Waals surface area contributed by atoms with Crippen molar-refractivity contribution in [1.29, 1.82) is 5.26 Å². The summed E-state index contributed by atoms with van der Waals surface area (Å²) < 4.78 is 6.07. The molecule has 5 aliphatic heterocycles. The Balaban J connectivity index is 0.000000240. The van der Waals surface area contributed by atoms with Gasteiger partial charge in [-0.2, -0.15) is 24.2 Å². The van der Waals surface area contributed by atoms with Gasteiger partial charge in [-0.1, -0.05) is 23.2 Å². The van der Waals surface area contributed by atoms with Crippen LogP contribution >= 0.6 is 11.6 Å². The van der Waals surface area contributed by atoms with Crippen LogP contribution in [0, 0.1) is 36.8 Å². The summed E-state index contributed by atoms with van der Waals surface area (Å²) in [6.45, 7) is 15.1. The van der Waals surface area contributed by atoms with Crippen LogP contribution in [0.4, 0.5) is 11.4 Å². The molecule has 2 atom stereocenters. The third-order valence-electron chi connectivity index (χ3n) is 12.4. The Kier molecular flexibility index (Phi) is 13.9. The van der Waals surface area contributed by atoms with Crippen LogP contribution < -0.4 is 38.7 Å². The van der Waals surface area contributed by atoms with Crippen LogP contribution in [0.2, 0.25) is 5.02 Å². The van der Waals surface area contributed by atoms with Crippen LogP contribution in [0.1, 0.15) is 91.0 Å². The molecule has 4 amide bonds. The molecule has 12 nitrogen and oxygen atoms in total. The fraction of sp³-hybridized carbons (Fsp3) is 0.455. The second-order valence-corrected chi connectivity index (χ2v) is 16.2. The molecule has 3 aromatic rings. The molecule has 0 radical (unpaired) electrons. The molecule has 1 unspecified atom stereocenters. The first-order valence-corrected chi connectivity index (χ1v) is 20.3. The molecule has 0 bridgehead atoms. The summed E-state index contributed by atoms with van der Waals surface area (Å²) in [5, 5.41) is 11.7. The van der Waals surface area contributed by atoms with E-state index in [1.807, 2.05) is 24.3 Å². The van der Waals surface area contributed by atoms with Crippen molar-refractivity contribution in [2.45, 2.75) is 88.9 Å². The summed E-state index contributed by atoms with van der Waals surface area (Å²) >= 11 is 6.12. The molecule has 0 spiro atoms. The van der Waals surface area contributed by atoms with E-state index in [1.54, 1.807) is 30.5 Å². The number of aromatic nitrogens is 1. The molecule has 4 saturated heterocycles. The number of imide groups is 2. The first-order valence-electron chi connectivity index (χ1n) is 19.9. The standard InChI is InChI=1S/C28H30N5O5.C16H19ClN2.Li/c34-25-6-5-24(26(35)30-25)33-27(36)22-4-3-19(16-23(22)28(33)37)32-12-7-18(8-13-32)31-14-9-20(10-15-31)38-21-2-1-11-29-17-21;1-4-16(5-2)9-12(3)19(11-16)14-7-6-13(10-18)15(17)8-14;/h1-4,16-18,20,24H,5-10,12-15H2,(H,30,34,35);6-8,12H,1-2,4-5,9,11H2,3H3;/q-1;-2;+1/t;12-;/m.0./s1. The fourth-order valence-electron chi connectivity index (χ4n) is 9.00. The van der Waals surface area contributed by atoms with Gasteiger partial charge in [0, 0.05) is 68.4 Å². The van der Waals surface area contributed by atoms with Gasteiger partial charge in [-0.05, 0) is 88.0 Å². The molecule has 58 heavy (non-hydrogen) atoms. The number of piperidine rings is 3. The monoisotopic (exact) mass is 797 g/mol. The van der Waals surface area contributed by atoms with Crippen LogP contribution in [0.25, 0.3) is 0 Å². The molecular weight excluding hydrogens is 749 g/mol. The average Bonchev–Trinajstić information content (AvgIpc) is 3.70. The number of benzene rings is 2. The molecule has 8 rings (SSSR count). The Morgan fingerprint density at radius 1 is 0.948 bits per heavy atom. The number of nitrogens with one attached hydrogen (secondary N) is 1. The average molecular weight is 798 g/mol. The molecule has 300 valence electrons. The number of ether oxygens (including phenoxy) is 1. The Morgan fingerprint density at radius 3 is 2.28 bits per heavy atom. The van der Waals surface area contributed by atoms with Gasteiger partial charge < -0.3 is 33.4 Å². The second-order valence-electron chi connectivity index (χ2n) is 15.8. The number of fused-ring (bicyclic) bond motifs is 1. The summed E-state index contributed by atoms with van der Waals surface area (Å²) in [5.41, 5.74) is 3.37. The molecule has 1 N–H and O–H groups in total. The maximum atomic E-state index is 13.2. The minimum absolute atomic E-state index is 0. The summed E-state index contributed by atoms with van der Waals surface area (Å²) in [5.74, 6) is -1.12. The maximum Gasteiger partial charge on any atom is 1.00 e. The smallest absolute Gasteiger partial charge is 0.514 e. The van der Waals surface area contributed by atoms with Crippen LogP contribution in [-0.4, -0.2) is 95.4 Å². The van der Waals surface area contributed by atoms with Crippen molar-refractivity contribution in [1.82, 2.24) is 20.1 Å². The van der Waals surface area contributed by atoms with Gasteiger partial charge >= 0.3 is 18.9 Å². The van der Waals surface area contributed by atoms with Gasteiger partial charge in [0.1, 0.15) is 12.1 Å². The first kappa shape index (κ1) is 43.2. The summed E-state index contributed by atoms with van der Waals surface area (Å²) in [6, 6.07) is 16.8. The number of carbonyl (C=O) groups excluding carboxylic acids is 4. The Hall–Kier alpha value is -4.39. The predicted octanol–water partition coefficient (Wildman–Crippen LogP) is 3.04. The summed E-state index contributed by atoms with van der Waals surface area (Å²) in [6.07, 6.45) is 11.9. The Bertz CT molecular complexity index is 2030. The van der Waals surface area contributed by atoms with E-state index in [4.69, 9.17) is 21.6 Å². The number of carbonyl (C=O) groups is 4. The number of anilines is 2. The van der Waals surface area contributed by atoms with Crippen molar-refractivity contribution in [3.63, 3.8) is 0 Å². The SMILES string of the molecule is O=C1CCC(N2C(=O)c3ccc(N4CCC(N5CCC(Oc6cc[c-]nc6)CC5)CC4)cc3C2=O)C(=O)N1.[CH2-]CC1(C[CH2-])C[C@H](C)N(c2ccc(C#N)c(Cl)c2)C1.[Li+]. The van der Waals surface area contributed by atoms with Gasteiger partial charge in [0.25, 0.3) is 11.8 Å². The van der Waals surface area contributed by atoms with Crippen LogP contribution in [0.5, 0.6) is 5.75 Å². The molecule has 6 heterocycles. The Labute approximate surface area is 358 Å². The van der Waals surface area contributed by atoms with Crippen molar-refractivity contribution in [3.05, 3.63) is 96.5 Å². The van der Waals surface area contributed by atoms with E-state index >= 15 is 0 Å². The third kappa shape index (κ3) is 9.09. The van der Waals surface area contributed by atoms with Crippen molar-refractivity contribution in [2.75, 3.05) is 42.5 Å². The molecular formula is C44H49ClLiN7O5-2. The molecule has 5 aliphatic rings. The summed E-state index contributed by atoms with van der Waals surface area (Å²) in [4.78, 5) is 62.1. The molecule has 2 aromatic carbocycles. The largest absolute Gasteiger partial charge is 1.00 e. The number of hydrogen-bond acceptors (Lipinski definition) is 10. The minimum Gasteiger partial charge on any atom is -0.514 e. The fourth-order valence-corrected chi connectivity index (χ4v) is 9.21. The molecule has 0 saturated carbocycles. The zero-order chi connectivity index (χ0) is 40.3. The second kappa shape index (κ2) is 18.7. The third-order valence-corrected chi connectivity index (χ3v) is 12.7. The van der Waals surface area contributed by atoms with Crippen molar-refractivity contribution < 1.29 is 42.8 Å². The van der Waals surface area contributed by atoms with E-state index in [1.165, 1.54) is 0 Å².